The van der Waals surface area contributed by atoms with E-state index in [1.54, 1.807) is 7.05 Å². The number of para-hydroxylation sites is 1. The fraction of sp³-hybridized carbons (Fsp3) is 0.474. The van der Waals surface area contributed by atoms with Gasteiger partial charge in [-0.15, -0.1) is 0 Å². The minimum atomic E-state index is -0.525. The van der Waals surface area contributed by atoms with Gasteiger partial charge in [-0.1, -0.05) is 18.2 Å². The molecule has 6 heteroatoms. The van der Waals surface area contributed by atoms with Crippen LogP contribution in [0.25, 0.3) is 11.0 Å². The number of hydrogen-bond donors (Lipinski definition) is 3. The smallest absolute Gasteiger partial charge is 0.227 e. The number of carbonyl (C=O) groups excluding carboxylic acids is 1. The quantitative estimate of drug-likeness (QED) is 0.556. The molecule has 1 heterocycles. The van der Waals surface area contributed by atoms with Crippen molar-refractivity contribution in [3.05, 3.63) is 35.6 Å². The second-order valence-electron chi connectivity index (χ2n) is 6.67. The first-order valence-electron chi connectivity index (χ1n) is 8.59. The summed E-state index contributed by atoms with van der Waals surface area (Å²) in [5, 5.41) is 10.4. The topological polar surface area (TPSA) is 78.7 Å². The lowest BCUT2D eigenvalue weighted by atomic mass is 9.92. The third-order valence-electron chi connectivity index (χ3n) is 4.23. The first kappa shape index (κ1) is 18.8. The molecule has 0 bridgehead atoms. The van der Waals surface area contributed by atoms with Gasteiger partial charge < -0.3 is 20.4 Å². The monoisotopic (exact) mass is 344 g/mol. The van der Waals surface area contributed by atoms with E-state index in [-0.39, 0.29) is 5.91 Å². The molecule has 0 aliphatic rings. The molecule has 2 aromatic rings. The van der Waals surface area contributed by atoms with Gasteiger partial charge in [0.15, 0.2) is 5.96 Å². The number of aryl methyl sites for hydroxylation is 1. The van der Waals surface area contributed by atoms with Gasteiger partial charge >= 0.3 is 0 Å². The van der Waals surface area contributed by atoms with Crippen LogP contribution in [-0.4, -0.2) is 32.0 Å². The average Bonchev–Trinajstić information content (AvgIpc) is 2.92. The number of guanidine groups is 1. The molecule has 0 saturated carbocycles. The lowest BCUT2D eigenvalue weighted by molar-refractivity contribution is -0.128. The van der Waals surface area contributed by atoms with Gasteiger partial charge in [-0.2, -0.15) is 0 Å². The van der Waals surface area contributed by atoms with Crippen LogP contribution in [0.2, 0.25) is 0 Å². The lowest BCUT2D eigenvalue weighted by Gasteiger charge is -2.24. The fourth-order valence-corrected chi connectivity index (χ4v) is 2.56. The second kappa shape index (κ2) is 8.05. The summed E-state index contributed by atoms with van der Waals surface area (Å²) in [5.41, 5.74) is 1.49. The van der Waals surface area contributed by atoms with Gasteiger partial charge in [0.1, 0.15) is 11.3 Å². The van der Waals surface area contributed by atoms with Crippen molar-refractivity contribution in [2.24, 2.45) is 10.4 Å². The summed E-state index contributed by atoms with van der Waals surface area (Å²) in [6.45, 7) is 9.41. The summed E-state index contributed by atoms with van der Waals surface area (Å²) in [4.78, 5) is 16.3. The van der Waals surface area contributed by atoms with Crippen LogP contribution in [0.15, 0.2) is 33.7 Å². The van der Waals surface area contributed by atoms with Crippen molar-refractivity contribution in [1.29, 1.82) is 0 Å². The van der Waals surface area contributed by atoms with E-state index in [1.165, 1.54) is 0 Å². The number of nitrogens with one attached hydrogen (secondary N) is 3. The Labute approximate surface area is 149 Å². The molecule has 0 atom stereocenters. The van der Waals surface area contributed by atoms with E-state index < -0.39 is 5.41 Å². The van der Waals surface area contributed by atoms with E-state index >= 15 is 0 Å². The van der Waals surface area contributed by atoms with Crippen LogP contribution in [0.4, 0.5) is 0 Å². The Balaban J connectivity index is 1.96. The van der Waals surface area contributed by atoms with Crippen LogP contribution >= 0.6 is 0 Å². The Bertz CT molecular complexity index is 762. The van der Waals surface area contributed by atoms with Crippen molar-refractivity contribution in [3.63, 3.8) is 0 Å². The van der Waals surface area contributed by atoms with Crippen molar-refractivity contribution >= 4 is 22.8 Å². The normalized spacial score (nSPS) is 12.3. The standard InChI is InChI=1S/C19H28N4O2/c1-6-21-17(24)19(3,4)12-23-18(20-5)22-11-16-13(2)14-9-7-8-10-15(14)25-16/h7-10H,6,11-12H2,1-5H3,(H,21,24)(H2,20,22,23). The summed E-state index contributed by atoms with van der Waals surface area (Å²) in [7, 11) is 1.71. The molecule has 0 radical (unpaired) electrons. The van der Waals surface area contributed by atoms with Gasteiger partial charge in [0.2, 0.25) is 5.91 Å². The molecule has 0 saturated heterocycles. The van der Waals surface area contributed by atoms with E-state index in [4.69, 9.17) is 4.42 Å². The lowest BCUT2D eigenvalue weighted by Crippen LogP contribution is -2.47. The number of fused-ring (bicyclic) bond motifs is 1. The van der Waals surface area contributed by atoms with Gasteiger partial charge in [-0.05, 0) is 33.8 Å². The molecule has 136 valence electrons. The summed E-state index contributed by atoms with van der Waals surface area (Å²) in [5.74, 6) is 1.54. The van der Waals surface area contributed by atoms with Crippen molar-refractivity contribution in [1.82, 2.24) is 16.0 Å². The summed E-state index contributed by atoms with van der Waals surface area (Å²) < 4.78 is 5.90. The second-order valence-corrected chi connectivity index (χ2v) is 6.67. The minimum absolute atomic E-state index is 0.0195. The third-order valence-corrected chi connectivity index (χ3v) is 4.23. The van der Waals surface area contributed by atoms with Crippen LogP contribution in [0, 0.1) is 12.3 Å². The highest BCUT2D eigenvalue weighted by Crippen LogP contribution is 2.24. The number of amides is 1. The predicted molar refractivity (Wildman–Crippen MR) is 102 cm³/mol. The van der Waals surface area contributed by atoms with Crippen LogP contribution < -0.4 is 16.0 Å². The molecule has 6 nitrogen and oxygen atoms in total. The Morgan fingerprint density at radius 3 is 2.56 bits per heavy atom. The Hall–Kier alpha value is -2.50. The highest BCUT2D eigenvalue weighted by atomic mass is 16.3. The van der Waals surface area contributed by atoms with Crippen LogP contribution in [0.1, 0.15) is 32.1 Å². The highest BCUT2D eigenvalue weighted by molar-refractivity contribution is 5.85. The maximum atomic E-state index is 12.1. The van der Waals surface area contributed by atoms with Crippen molar-refractivity contribution in [2.45, 2.75) is 34.2 Å². The van der Waals surface area contributed by atoms with Crippen molar-refractivity contribution < 1.29 is 9.21 Å². The van der Waals surface area contributed by atoms with Crippen LogP contribution in [0.3, 0.4) is 0 Å². The molecule has 25 heavy (non-hydrogen) atoms. The Morgan fingerprint density at radius 2 is 1.92 bits per heavy atom. The summed E-state index contributed by atoms with van der Waals surface area (Å²) >= 11 is 0. The van der Waals surface area contributed by atoms with Gasteiger partial charge in [0.25, 0.3) is 0 Å². The van der Waals surface area contributed by atoms with E-state index in [1.807, 2.05) is 39.0 Å². The van der Waals surface area contributed by atoms with Gasteiger partial charge in [0, 0.05) is 31.1 Å². The molecule has 1 aromatic carbocycles. The van der Waals surface area contributed by atoms with Gasteiger partial charge in [-0.3, -0.25) is 9.79 Å². The zero-order chi connectivity index (χ0) is 18.4. The van der Waals surface area contributed by atoms with E-state index in [2.05, 4.69) is 33.9 Å². The van der Waals surface area contributed by atoms with E-state index in [0.29, 0.717) is 25.6 Å². The maximum absolute atomic E-state index is 12.1. The van der Waals surface area contributed by atoms with Crippen molar-refractivity contribution in [2.75, 3.05) is 20.1 Å². The molecule has 3 N–H and O–H groups in total. The number of benzene rings is 1. The largest absolute Gasteiger partial charge is 0.459 e. The first-order chi connectivity index (χ1) is 11.9. The SMILES string of the molecule is CCNC(=O)C(C)(C)CNC(=NC)NCc1oc2ccccc2c1C. The highest BCUT2D eigenvalue weighted by Gasteiger charge is 2.27. The molecule has 0 fully saturated rings. The molecule has 0 aliphatic heterocycles. The van der Waals surface area contributed by atoms with E-state index in [0.717, 1.165) is 22.3 Å². The Morgan fingerprint density at radius 1 is 1.20 bits per heavy atom. The third kappa shape index (κ3) is 4.53. The Kier molecular flexibility index (Phi) is 6.07. The van der Waals surface area contributed by atoms with Crippen LogP contribution in [-0.2, 0) is 11.3 Å². The molecule has 1 amide bonds. The molecule has 0 aliphatic carbocycles. The fourth-order valence-electron chi connectivity index (χ4n) is 2.56. The molecule has 0 unspecified atom stereocenters. The number of furan rings is 1. The average molecular weight is 344 g/mol. The van der Waals surface area contributed by atoms with Crippen molar-refractivity contribution in [3.8, 4) is 0 Å². The number of aliphatic imine (C=N–C) groups is 1. The minimum Gasteiger partial charge on any atom is -0.459 e. The number of nitrogens with zero attached hydrogens (tertiary/aromatic N) is 1. The predicted octanol–water partition coefficient (Wildman–Crippen LogP) is 2.57. The zero-order valence-electron chi connectivity index (χ0n) is 15.7. The molecule has 0 spiro atoms. The molecule has 2 rings (SSSR count). The summed E-state index contributed by atoms with van der Waals surface area (Å²) in [6.07, 6.45) is 0. The zero-order valence-corrected chi connectivity index (χ0v) is 15.7. The first-order valence-corrected chi connectivity index (χ1v) is 8.59. The summed E-state index contributed by atoms with van der Waals surface area (Å²) in [6, 6.07) is 7.99. The van der Waals surface area contributed by atoms with Crippen LogP contribution in [0.5, 0.6) is 0 Å². The molecule has 1 aromatic heterocycles. The van der Waals surface area contributed by atoms with E-state index in [9.17, 15) is 4.79 Å². The molecular weight excluding hydrogens is 316 g/mol. The number of carbonyl (C=O) groups is 1. The van der Waals surface area contributed by atoms with Gasteiger partial charge in [0.05, 0.1) is 12.0 Å². The van der Waals surface area contributed by atoms with Gasteiger partial charge in [-0.25, -0.2) is 0 Å². The maximum Gasteiger partial charge on any atom is 0.227 e. The number of hydrogen-bond acceptors (Lipinski definition) is 3. The molecular formula is C19H28N4O2. The number of rotatable bonds is 6.